The second-order valence-corrected chi connectivity index (χ2v) is 7.75. The van der Waals surface area contributed by atoms with Crippen LogP contribution in [0.3, 0.4) is 0 Å². The number of carbonyl (C=O) groups excluding carboxylic acids is 1. The number of likely N-dealkylation sites (N-methyl/N-ethyl adjacent to an activating group) is 1. The third-order valence-electron chi connectivity index (χ3n) is 4.33. The summed E-state index contributed by atoms with van der Waals surface area (Å²) in [6.07, 6.45) is 8.73. The van der Waals surface area contributed by atoms with Crippen LogP contribution in [-0.4, -0.2) is 29.0 Å². The molecule has 0 unspecified atom stereocenters. The van der Waals surface area contributed by atoms with Crippen molar-refractivity contribution < 1.29 is 10.0 Å². The van der Waals surface area contributed by atoms with Crippen molar-refractivity contribution >= 4 is 23.7 Å². The number of hydroxylamine groups is 2. The highest BCUT2D eigenvalue weighted by molar-refractivity contribution is 7.99. The number of amides is 1. The van der Waals surface area contributed by atoms with E-state index in [-0.39, 0.29) is 0 Å². The molecule has 0 spiro atoms. The maximum Gasteiger partial charge on any atom is 0.269 e. The molecule has 1 N–H and O–H groups in total. The lowest BCUT2D eigenvalue weighted by Gasteiger charge is -2.10. The molecule has 0 aromatic heterocycles. The molecule has 4 heteroatoms. The minimum absolute atomic E-state index is 0.422. The lowest BCUT2D eigenvalue weighted by Crippen LogP contribution is -2.19. The first-order valence-corrected chi connectivity index (χ1v) is 10.5. The van der Waals surface area contributed by atoms with E-state index in [1.165, 1.54) is 42.0 Å². The van der Waals surface area contributed by atoms with Gasteiger partial charge in [0, 0.05) is 18.0 Å². The molecule has 0 bridgehead atoms. The number of nitrogens with zero attached hydrogens (tertiary/aromatic N) is 1. The van der Waals surface area contributed by atoms with Crippen molar-refractivity contribution in [1.29, 1.82) is 0 Å². The molecule has 1 amide bonds. The second kappa shape index (κ2) is 11.6. The SMILES string of the molecule is CCCCSc1ccc(CCCc2ccccc2)cc1/C=C/C(=O)N(C)O. The van der Waals surface area contributed by atoms with E-state index in [0.717, 1.165) is 30.6 Å². The molecule has 0 saturated heterocycles. The molecule has 0 atom stereocenters. The first-order chi connectivity index (χ1) is 13.1. The largest absolute Gasteiger partial charge is 0.286 e. The summed E-state index contributed by atoms with van der Waals surface area (Å²) in [4.78, 5) is 12.9. The van der Waals surface area contributed by atoms with Gasteiger partial charge in [-0.15, -0.1) is 11.8 Å². The second-order valence-electron chi connectivity index (χ2n) is 6.61. The van der Waals surface area contributed by atoms with Crippen LogP contribution in [0.25, 0.3) is 6.08 Å². The van der Waals surface area contributed by atoms with Gasteiger partial charge in [-0.1, -0.05) is 55.8 Å². The summed E-state index contributed by atoms with van der Waals surface area (Å²) in [5.74, 6) is 0.646. The first-order valence-electron chi connectivity index (χ1n) is 9.54. The Morgan fingerprint density at radius 2 is 1.81 bits per heavy atom. The monoisotopic (exact) mass is 383 g/mol. The van der Waals surface area contributed by atoms with E-state index >= 15 is 0 Å². The van der Waals surface area contributed by atoms with Crippen molar-refractivity contribution in [2.75, 3.05) is 12.8 Å². The molecular weight excluding hydrogens is 354 g/mol. The van der Waals surface area contributed by atoms with Gasteiger partial charge >= 0.3 is 0 Å². The van der Waals surface area contributed by atoms with E-state index in [1.807, 2.05) is 23.9 Å². The van der Waals surface area contributed by atoms with Crippen molar-refractivity contribution in [3.05, 3.63) is 71.3 Å². The smallest absolute Gasteiger partial charge is 0.269 e. The van der Waals surface area contributed by atoms with Gasteiger partial charge in [-0.25, -0.2) is 5.06 Å². The Kier molecular flexibility index (Phi) is 9.16. The average Bonchev–Trinajstić information content (AvgIpc) is 2.68. The fraction of sp³-hybridized carbons (Fsp3) is 0.348. The normalized spacial score (nSPS) is 11.1. The highest BCUT2D eigenvalue weighted by atomic mass is 32.2. The number of benzene rings is 2. The maximum absolute atomic E-state index is 11.7. The fourth-order valence-corrected chi connectivity index (χ4v) is 3.86. The van der Waals surface area contributed by atoms with Crippen LogP contribution >= 0.6 is 11.8 Å². The van der Waals surface area contributed by atoms with Crippen molar-refractivity contribution in [1.82, 2.24) is 5.06 Å². The quantitative estimate of drug-likeness (QED) is 0.190. The molecule has 2 rings (SSSR count). The van der Waals surface area contributed by atoms with Crippen molar-refractivity contribution in [3.63, 3.8) is 0 Å². The van der Waals surface area contributed by atoms with Crippen LogP contribution in [-0.2, 0) is 17.6 Å². The molecule has 0 fully saturated rings. The van der Waals surface area contributed by atoms with Crippen molar-refractivity contribution in [2.24, 2.45) is 0 Å². The molecule has 2 aromatic rings. The van der Waals surface area contributed by atoms with Crippen LogP contribution in [0.2, 0.25) is 0 Å². The molecule has 2 aromatic carbocycles. The third-order valence-corrected chi connectivity index (χ3v) is 5.50. The van der Waals surface area contributed by atoms with E-state index in [1.54, 1.807) is 0 Å². The van der Waals surface area contributed by atoms with Gasteiger partial charge in [-0.05, 0) is 60.3 Å². The summed E-state index contributed by atoms with van der Waals surface area (Å²) in [7, 11) is 1.34. The highest BCUT2D eigenvalue weighted by Gasteiger charge is 2.05. The molecule has 144 valence electrons. The minimum Gasteiger partial charge on any atom is -0.286 e. The molecule has 0 aliphatic rings. The van der Waals surface area contributed by atoms with Crippen LogP contribution in [0, 0.1) is 0 Å². The van der Waals surface area contributed by atoms with E-state index in [4.69, 9.17) is 0 Å². The number of carbonyl (C=O) groups is 1. The van der Waals surface area contributed by atoms with Crippen LogP contribution in [0.1, 0.15) is 42.9 Å². The average molecular weight is 384 g/mol. The summed E-state index contributed by atoms with van der Waals surface area (Å²) < 4.78 is 0. The zero-order valence-corrected chi connectivity index (χ0v) is 17.0. The summed E-state index contributed by atoms with van der Waals surface area (Å²) in [6, 6.07) is 17.0. The summed E-state index contributed by atoms with van der Waals surface area (Å²) in [6.45, 7) is 2.19. The Morgan fingerprint density at radius 3 is 2.52 bits per heavy atom. The molecule has 3 nitrogen and oxygen atoms in total. The summed E-state index contributed by atoms with van der Waals surface area (Å²) in [5, 5.41) is 9.85. The number of unbranched alkanes of at least 4 members (excludes halogenated alkanes) is 1. The van der Waals surface area contributed by atoms with Crippen molar-refractivity contribution in [3.8, 4) is 0 Å². The van der Waals surface area contributed by atoms with Gasteiger partial charge in [0.1, 0.15) is 0 Å². The van der Waals surface area contributed by atoms with E-state index in [0.29, 0.717) is 5.06 Å². The number of thioether (sulfide) groups is 1. The van der Waals surface area contributed by atoms with E-state index < -0.39 is 5.91 Å². The Balaban J connectivity index is 2.06. The van der Waals surface area contributed by atoms with Gasteiger partial charge in [0.15, 0.2) is 0 Å². The van der Waals surface area contributed by atoms with Gasteiger partial charge in [0.2, 0.25) is 0 Å². The predicted molar refractivity (Wildman–Crippen MR) is 114 cm³/mol. The molecular formula is C23H29NO2S. The standard InChI is InChI=1S/C23H29NO2S/c1-3-4-17-27-22-15-13-20(12-8-11-19-9-6-5-7-10-19)18-21(22)14-16-23(25)24(2)26/h5-7,9-10,13-16,18,26H,3-4,8,11-12,17H2,1-2H3/b16-14+. The van der Waals surface area contributed by atoms with Gasteiger partial charge in [-0.2, -0.15) is 0 Å². The number of hydrogen-bond acceptors (Lipinski definition) is 3. The molecule has 27 heavy (non-hydrogen) atoms. The first kappa shape index (κ1) is 21.3. The zero-order chi connectivity index (χ0) is 19.5. The van der Waals surface area contributed by atoms with Crippen LogP contribution in [0.4, 0.5) is 0 Å². The van der Waals surface area contributed by atoms with Crippen molar-refractivity contribution in [2.45, 2.75) is 43.9 Å². The molecule has 0 heterocycles. The van der Waals surface area contributed by atoms with Crippen LogP contribution in [0.5, 0.6) is 0 Å². The third kappa shape index (κ3) is 7.61. The number of rotatable bonds is 10. The van der Waals surface area contributed by atoms with Crippen LogP contribution < -0.4 is 0 Å². The molecule has 0 aliphatic carbocycles. The maximum atomic E-state index is 11.7. The predicted octanol–water partition coefficient (Wildman–Crippen LogP) is 5.61. The van der Waals surface area contributed by atoms with Gasteiger partial charge < -0.3 is 0 Å². The number of hydrogen-bond donors (Lipinski definition) is 1. The Morgan fingerprint density at radius 1 is 1.07 bits per heavy atom. The minimum atomic E-state index is -0.422. The highest BCUT2D eigenvalue weighted by Crippen LogP contribution is 2.27. The van der Waals surface area contributed by atoms with E-state index in [2.05, 4.69) is 49.4 Å². The van der Waals surface area contributed by atoms with E-state index in [9.17, 15) is 10.0 Å². The lowest BCUT2D eigenvalue weighted by atomic mass is 10.0. The molecule has 0 aliphatic heterocycles. The number of aryl methyl sites for hydroxylation is 2. The van der Waals surface area contributed by atoms with Gasteiger partial charge in [0.25, 0.3) is 5.91 Å². The molecule has 0 saturated carbocycles. The zero-order valence-electron chi connectivity index (χ0n) is 16.2. The van der Waals surface area contributed by atoms with Crippen LogP contribution in [0.15, 0.2) is 59.5 Å². The topological polar surface area (TPSA) is 40.5 Å². The van der Waals surface area contributed by atoms with Gasteiger partial charge in [-0.3, -0.25) is 10.0 Å². The Hall–Kier alpha value is -2.04. The Labute approximate surface area is 167 Å². The Bertz CT molecular complexity index is 741. The van der Waals surface area contributed by atoms with Gasteiger partial charge in [0.05, 0.1) is 0 Å². The fourth-order valence-electron chi connectivity index (χ4n) is 2.75. The molecule has 0 radical (unpaired) electrons. The summed E-state index contributed by atoms with van der Waals surface area (Å²) >= 11 is 1.82. The lowest BCUT2D eigenvalue weighted by molar-refractivity contribution is -0.153. The summed E-state index contributed by atoms with van der Waals surface area (Å²) in [5.41, 5.74) is 3.68.